The van der Waals surface area contributed by atoms with Crippen molar-refractivity contribution >= 4 is 86.2 Å². The molecule has 0 radical (unpaired) electrons. The molecule has 44 heavy (non-hydrogen) atoms. The van der Waals surface area contributed by atoms with Gasteiger partial charge in [-0.2, -0.15) is 0 Å². The van der Waals surface area contributed by atoms with E-state index in [9.17, 15) is 0 Å². The van der Waals surface area contributed by atoms with Gasteiger partial charge in [0.25, 0.3) is 0 Å². The molecule has 0 amide bonds. The number of fused-ring (bicyclic) bond motifs is 17. The summed E-state index contributed by atoms with van der Waals surface area (Å²) >= 11 is 0. The zero-order valence-corrected chi connectivity index (χ0v) is 24.0. The summed E-state index contributed by atoms with van der Waals surface area (Å²) in [7, 11) is 0. The number of rotatable bonds is 1. The minimum Gasteiger partial charge on any atom is -0.0616 e. The van der Waals surface area contributed by atoms with Crippen LogP contribution in [0, 0.1) is 0 Å². The maximum absolute atomic E-state index is 2.44. The SMILES string of the molecule is c1ccc2c(c1)c1ccccc1c1cc(-c3ccc4c5ccccc5c5c6ccccc6c6ccccc6c5c4c3)ccc21. The van der Waals surface area contributed by atoms with Crippen LogP contribution in [0.4, 0.5) is 0 Å². The second-order valence-corrected chi connectivity index (χ2v) is 12.0. The quantitative estimate of drug-likeness (QED) is 0.177. The molecule has 0 saturated heterocycles. The molecule has 0 aliphatic carbocycles. The molecule has 202 valence electrons. The molecular weight excluding hydrogens is 528 g/mol. The summed E-state index contributed by atoms with van der Waals surface area (Å²) in [4.78, 5) is 0. The van der Waals surface area contributed by atoms with Crippen LogP contribution in [-0.2, 0) is 0 Å². The van der Waals surface area contributed by atoms with E-state index < -0.39 is 0 Å². The zero-order valence-electron chi connectivity index (χ0n) is 24.0. The van der Waals surface area contributed by atoms with Gasteiger partial charge in [0.05, 0.1) is 0 Å². The second-order valence-electron chi connectivity index (χ2n) is 12.0. The van der Waals surface area contributed by atoms with Crippen LogP contribution in [-0.4, -0.2) is 0 Å². The molecule has 0 aliphatic heterocycles. The molecule has 0 heteroatoms. The summed E-state index contributed by atoms with van der Waals surface area (Å²) in [5, 5.41) is 21.0. The first-order valence-electron chi connectivity index (χ1n) is 15.4. The van der Waals surface area contributed by atoms with Gasteiger partial charge in [-0.3, -0.25) is 0 Å². The van der Waals surface area contributed by atoms with Crippen LogP contribution in [0.1, 0.15) is 0 Å². The van der Waals surface area contributed by atoms with Gasteiger partial charge in [0.1, 0.15) is 0 Å². The predicted molar refractivity (Wildman–Crippen MR) is 192 cm³/mol. The van der Waals surface area contributed by atoms with E-state index in [4.69, 9.17) is 0 Å². The van der Waals surface area contributed by atoms with Crippen molar-refractivity contribution in [1.29, 1.82) is 0 Å². The van der Waals surface area contributed by atoms with Crippen LogP contribution in [0.3, 0.4) is 0 Å². The Kier molecular flexibility index (Phi) is 4.81. The van der Waals surface area contributed by atoms with E-state index in [2.05, 4.69) is 158 Å². The number of benzene rings is 10. The second kappa shape index (κ2) is 8.89. The summed E-state index contributed by atoms with van der Waals surface area (Å²) in [6, 6.07) is 58.5. The highest BCUT2D eigenvalue weighted by Gasteiger charge is 2.16. The molecule has 0 bridgehead atoms. The van der Waals surface area contributed by atoms with Gasteiger partial charge in [-0.1, -0.05) is 146 Å². The van der Waals surface area contributed by atoms with Gasteiger partial charge in [0.2, 0.25) is 0 Å². The Hall–Kier alpha value is -5.72. The summed E-state index contributed by atoms with van der Waals surface area (Å²) in [5.41, 5.74) is 2.48. The molecule has 10 aromatic rings. The van der Waals surface area contributed by atoms with Crippen LogP contribution in [0.5, 0.6) is 0 Å². The third-order valence-corrected chi connectivity index (χ3v) is 9.79. The molecule has 0 saturated carbocycles. The highest BCUT2D eigenvalue weighted by Crippen LogP contribution is 2.45. The summed E-state index contributed by atoms with van der Waals surface area (Å²) in [5.74, 6) is 0. The lowest BCUT2D eigenvalue weighted by atomic mass is 9.86. The molecule has 0 nitrogen and oxygen atoms in total. The largest absolute Gasteiger partial charge is 0.0616 e. The fourth-order valence-corrected chi connectivity index (χ4v) is 7.89. The molecule has 0 heterocycles. The summed E-state index contributed by atoms with van der Waals surface area (Å²) in [6.45, 7) is 0. The van der Waals surface area contributed by atoms with Crippen molar-refractivity contribution in [3.8, 4) is 11.1 Å². The van der Waals surface area contributed by atoms with Gasteiger partial charge in [0.15, 0.2) is 0 Å². The van der Waals surface area contributed by atoms with Gasteiger partial charge in [-0.05, 0) is 109 Å². The predicted octanol–water partition coefficient (Wildman–Crippen LogP) is 12.6. The smallest absolute Gasteiger partial charge is 0.00137 e. The third-order valence-electron chi connectivity index (χ3n) is 9.79. The molecule has 0 unspecified atom stereocenters. The molecule has 0 aromatic heterocycles. The fourth-order valence-electron chi connectivity index (χ4n) is 7.89. The van der Waals surface area contributed by atoms with Crippen molar-refractivity contribution in [3.05, 3.63) is 158 Å². The lowest BCUT2D eigenvalue weighted by Crippen LogP contribution is -1.89. The molecule has 0 spiro atoms. The Labute approximate surface area is 254 Å². The number of hydrogen-bond donors (Lipinski definition) is 0. The average molecular weight is 555 g/mol. The molecule has 10 aromatic carbocycles. The van der Waals surface area contributed by atoms with Crippen LogP contribution >= 0.6 is 0 Å². The van der Waals surface area contributed by atoms with Crippen LogP contribution < -0.4 is 0 Å². The lowest BCUT2D eigenvalue weighted by Gasteiger charge is -2.17. The van der Waals surface area contributed by atoms with Crippen molar-refractivity contribution in [2.24, 2.45) is 0 Å². The maximum atomic E-state index is 2.44. The van der Waals surface area contributed by atoms with Gasteiger partial charge in [-0.15, -0.1) is 0 Å². The Morgan fingerprint density at radius 3 is 0.841 bits per heavy atom. The Morgan fingerprint density at radius 1 is 0.182 bits per heavy atom. The molecule has 0 aliphatic rings. The Morgan fingerprint density at radius 2 is 0.432 bits per heavy atom. The highest BCUT2D eigenvalue weighted by atomic mass is 14.2. The summed E-state index contributed by atoms with van der Waals surface area (Å²) < 4.78 is 0. The monoisotopic (exact) mass is 554 g/mol. The first-order chi connectivity index (χ1) is 21.8. The van der Waals surface area contributed by atoms with Crippen molar-refractivity contribution < 1.29 is 0 Å². The lowest BCUT2D eigenvalue weighted by molar-refractivity contribution is 1.70. The zero-order chi connectivity index (χ0) is 28.8. The van der Waals surface area contributed by atoms with Gasteiger partial charge in [0, 0.05) is 0 Å². The number of hydrogen-bond acceptors (Lipinski definition) is 0. The van der Waals surface area contributed by atoms with Crippen molar-refractivity contribution in [2.45, 2.75) is 0 Å². The van der Waals surface area contributed by atoms with E-state index in [1.54, 1.807) is 0 Å². The minimum absolute atomic E-state index is 1.24. The van der Waals surface area contributed by atoms with Gasteiger partial charge >= 0.3 is 0 Å². The van der Waals surface area contributed by atoms with E-state index in [0.717, 1.165) is 0 Å². The van der Waals surface area contributed by atoms with E-state index >= 15 is 0 Å². The van der Waals surface area contributed by atoms with E-state index in [-0.39, 0.29) is 0 Å². The van der Waals surface area contributed by atoms with Crippen molar-refractivity contribution in [3.63, 3.8) is 0 Å². The Balaban J connectivity index is 1.36. The standard InChI is InChI=1S/C44H26/c1-2-13-31-29(11-1)30-12-3-4-17-35(30)41-25-27(21-23-36(31)41)28-22-24-37-34-16-7-9-19-39(34)43-38-18-8-5-14-32(38)33-15-6-10-20-40(33)44(43)42(37)26-28/h1-26H. The van der Waals surface area contributed by atoms with E-state index in [0.29, 0.717) is 0 Å². The van der Waals surface area contributed by atoms with Crippen LogP contribution in [0.2, 0.25) is 0 Å². The van der Waals surface area contributed by atoms with Crippen molar-refractivity contribution in [2.75, 3.05) is 0 Å². The molecule has 0 N–H and O–H groups in total. The highest BCUT2D eigenvalue weighted by molar-refractivity contribution is 6.39. The normalized spacial score (nSPS) is 12.1. The average Bonchev–Trinajstić information content (AvgIpc) is 3.11. The molecular formula is C44H26. The van der Waals surface area contributed by atoms with E-state index in [1.807, 2.05) is 0 Å². The minimum atomic E-state index is 1.24. The van der Waals surface area contributed by atoms with Crippen LogP contribution in [0.25, 0.3) is 97.3 Å². The molecule has 0 atom stereocenters. The summed E-state index contributed by atoms with van der Waals surface area (Å²) in [6.07, 6.45) is 0. The molecule has 0 fully saturated rings. The molecule has 10 rings (SSSR count). The van der Waals surface area contributed by atoms with Gasteiger partial charge in [-0.25, -0.2) is 0 Å². The topological polar surface area (TPSA) is 0 Å². The first kappa shape index (κ1) is 23.8. The van der Waals surface area contributed by atoms with Crippen LogP contribution in [0.15, 0.2) is 158 Å². The Bertz CT molecular complexity index is 2770. The van der Waals surface area contributed by atoms with Gasteiger partial charge < -0.3 is 0 Å². The maximum Gasteiger partial charge on any atom is -0.00137 e. The fraction of sp³-hybridized carbons (Fsp3) is 0. The van der Waals surface area contributed by atoms with E-state index in [1.165, 1.54) is 97.3 Å². The first-order valence-corrected chi connectivity index (χ1v) is 15.4. The third kappa shape index (κ3) is 3.17. The van der Waals surface area contributed by atoms with Crippen molar-refractivity contribution in [1.82, 2.24) is 0 Å².